The molecule has 0 radical (unpaired) electrons. The van der Waals surface area contributed by atoms with Gasteiger partial charge in [-0.1, -0.05) is 12.6 Å². The number of halogens is 3. The first-order chi connectivity index (χ1) is 15.7. The Balaban J connectivity index is 1.63. The number of rotatable bonds is 4. The van der Waals surface area contributed by atoms with E-state index in [0.29, 0.717) is 45.0 Å². The molecule has 2 aromatic rings. The molecule has 33 heavy (non-hydrogen) atoms. The summed E-state index contributed by atoms with van der Waals surface area (Å²) < 4.78 is 46.6. The molecule has 1 amide bonds. The lowest BCUT2D eigenvalue weighted by Gasteiger charge is -2.38. The van der Waals surface area contributed by atoms with Gasteiger partial charge in [0.1, 0.15) is 23.0 Å². The van der Waals surface area contributed by atoms with E-state index in [9.17, 15) is 18.0 Å². The van der Waals surface area contributed by atoms with Crippen LogP contribution in [0, 0.1) is 6.92 Å². The molecule has 1 aromatic carbocycles. The lowest BCUT2D eigenvalue weighted by atomic mass is 10.0. The highest BCUT2D eigenvalue weighted by atomic mass is 19.4. The van der Waals surface area contributed by atoms with Crippen LogP contribution in [0.1, 0.15) is 22.6 Å². The number of amides is 1. The summed E-state index contributed by atoms with van der Waals surface area (Å²) in [7, 11) is 1.24. The quantitative estimate of drug-likeness (QED) is 0.652. The average molecular weight is 461 g/mol. The number of hydrogen-bond acceptors (Lipinski definition) is 6. The molecule has 3 heterocycles. The van der Waals surface area contributed by atoms with Crippen molar-refractivity contribution in [2.75, 3.05) is 49.6 Å². The molecule has 1 fully saturated rings. The minimum absolute atomic E-state index is 0.0851. The molecular weight excluding hydrogens is 435 g/mol. The van der Waals surface area contributed by atoms with Gasteiger partial charge in [0.2, 0.25) is 5.91 Å². The Labute approximate surface area is 190 Å². The van der Waals surface area contributed by atoms with Crippen molar-refractivity contribution in [1.29, 1.82) is 0 Å². The summed E-state index contributed by atoms with van der Waals surface area (Å²) in [5, 5.41) is 0. The zero-order valence-electron chi connectivity index (χ0n) is 18.7. The van der Waals surface area contributed by atoms with Crippen LogP contribution in [0.4, 0.5) is 24.7 Å². The number of methoxy groups -OCH3 is 1. The molecule has 10 heteroatoms. The van der Waals surface area contributed by atoms with Crippen molar-refractivity contribution < 1.29 is 22.7 Å². The summed E-state index contributed by atoms with van der Waals surface area (Å²) in [6.45, 7) is 8.35. The lowest BCUT2D eigenvalue weighted by Crippen LogP contribution is -2.49. The maximum absolute atomic E-state index is 13.9. The number of hydrogen-bond donors (Lipinski definition) is 0. The highest BCUT2D eigenvalue weighted by molar-refractivity contribution is 5.87. The number of benzene rings is 1. The number of nitrogens with zero attached hydrogens (tertiary/aromatic N) is 5. The third-order valence-electron chi connectivity index (χ3n) is 6.07. The van der Waals surface area contributed by atoms with E-state index in [-0.39, 0.29) is 23.9 Å². The SMILES string of the molecule is C=CC(=O)N1CCN(c2nc(C)nc3c2CCN(c2cccc(OC)c2C(F)(F)F)C3)CC1. The van der Waals surface area contributed by atoms with Gasteiger partial charge in [0.25, 0.3) is 0 Å². The van der Waals surface area contributed by atoms with Crippen molar-refractivity contribution in [3.63, 3.8) is 0 Å². The lowest BCUT2D eigenvalue weighted by molar-refractivity contribution is -0.138. The van der Waals surface area contributed by atoms with E-state index >= 15 is 0 Å². The maximum atomic E-state index is 13.9. The minimum atomic E-state index is -4.54. The third kappa shape index (κ3) is 4.46. The van der Waals surface area contributed by atoms with Gasteiger partial charge in [-0.25, -0.2) is 9.97 Å². The zero-order chi connectivity index (χ0) is 23.8. The average Bonchev–Trinajstić information content (AvgIpc) is 2.81. The van der Waals surface area contributed by atoms with Gasteiger partial charge in [-0.3, -0.25) is 4.79 Å². The molecule has 0 spiro atoms. The van der Waals surface area contributed by atoms with Crippen LogP contribution in [0.15, 0.2) is 30.9 Å². The standard InChI is InChI=1S/C23H26F3N5O2/c1-4-20(32)29-10-12-30(13-11-29)22-16-8-9-31(14-17(16)27-15(2)28-22)18-6-5-7-19(33-3)21(18)23(24,25)26/h4-7H,1,8-14H2,2-3H3. The van der Waals surface area contributed by atoms with Crippen molar-refractivity contribution in [3.05, 3.63) is 53.5 Å². The molecule has 0 aliphatic carbocycles. The molecule has 2 aliphatic rings. The van der Waals surface area contributed by atoms with E-state index in [0.717, 1.165) is 17.1 Å². The summed E-state index contributed by atoms with van der Waals surface area (Å²) >= 11 is 0. The first-order valence-electron chi connectivity index (χ1n) is 10.7. The summed E-state index contributed by atoms with van der Waals surface area (Å²) in [4.78, 5) is 26.7. The Hall–Kier alpha value is -3.30. The zero-order valence-corrected chi connectivity index (χ0v) is 18.7. The van der Waals surface area contributed by atoms with Gasteiger partial charge >= 0.3 is 6.18 Å². The van der Waals surface area contributed by atoms with Crippen LogP contribution < -0.4 is 14.5 Å². The van der Waals surface area contributed by atoms with Crippen molar-refractivity contribution in [2.45, 2.75) is 26.1 Å². The van der Waals surface area contributed by atoms with Crippen molar-refractivity contribution in [1.82, 2.24) is 14.9 Å². The molecule has 1 aromatic heterocycles. The van der Waals surface area contributed by atoms with E-state index < -0.39 is 11.7 Å². The number of carbonyl (C=O) groups excluding carboxylic acids is 1. The molecule has 4 rings (SSSR count). The van der Waals surface area contributed by atoms with Gasteiger partial charge in [0.05, 0.1) is 25.0 Å². The molecule has 1 saturated heterocycles. The number of carbonyl (C=O) groups is 1. The Morgan fingerprint density at radius 2 is 1.85 bits per heavy atom. The minimum Gasteiger partial charge on any atom is -0.496 e. The molecule has 0 N–H and O–H groups in total. The number of anilines is 2. The Morgan fingerprint density at radius 1 is 1.12 bits per heavy atom. The summed E-state index contributed by atoms with van der Waals surface area (Å²) in [5.41, 5.74) is 0.993. The molecule has 176 valence electrons. The topological polar surface area (TPSA) is 61.8 Å². The van der Waals surface area contributed by atoms with Crippen LogP contribution in [0.2, 0.25) is 0 Å². The number of aromatic nitrogens is 2. The van der Waals surface area contributed by atoms with Gasteiger partial charge in [-0.15, -0.1) is 0 Å². The predicted octanol–water partition coefficient (Wildman–Crippen LogP) is 3.21. The van der Waals surface area contributed by atoms with E-state index in [2.05, 4.69) is 21.4 Å². The second kappa shape index (κ2) is 8.92. The molecule has 7 nitrogen and oxygen atoms in total. The Kier molecular flexibility index (Phi) is 6.18. The fourth-order valence-corrected chi connectivity index (χ4v) is 4.50. The van der Waals surface area contributed by atoms with E-state index in [1.165, 1.54) is 25.3 Å². The number of aryl methyl sites for hydroxylation is 1. The maximum Gasteiger partial charge on any atom is 0.421 e. The van der Waals surface area contributed by atoms with Crippen LogP contribution in [-0.4, -0.2) is 60.6 Å². The third-order valence-corrected chi connectivity index (χ3v) is 6.07. The first kappa shape index (κ1) is 22.9. The van der Waals surface area contributed by atoms with Crippen molar-refractivity contribution >= 4 is 17.4 Å². The van der Waals surface area contributed by atoms with Gasteiger partial charge < -0.3 is 19.4 Å². The number of alkyl halides is 3. The van der Waals surface area contributed by atoms with Gasteiger partial charge in [-0.2, -0.15) is 13.2 Å². The summed E-state index contributed by atoms with van der Waals surface area (Å²) in [6.07, 6.45) is -2.71. The van der Waals surface area contributed by atoms with Crippen LogP contribution in [0.5, 0.6) is 5.75 Å². The molecule has 0 atom stereocenters. The highest BCUT2D eigenvalue weighted by Crippen LogP contribution is 2.44. The largest absolute Gasteiger partial charge is 0.496 e. The summed E-state index contributed by atoms with van der Waals surface area (Å²) in [5.74, 6) is 1.09. The van der Waals surface area contributed by atoms with Gasteiger partial charge in [0, 0.05) is 38.3 Å². The van der Waals surface area contributed by atoms with Crippen molar-refractivity contribution in [3.8, 4) is 5.75 Å². The van der Waals surface area contributed by atoms with E-state index in [1.807, 2.05) is 0 Å². The number of fused-ring (bicyclic) bond motifs is 1. The first-order valence-corrected chi connectivity index (χ1v) is 10.7. The molecule has 0 bridgehead atoms. The fourth-order valence-electron chi connectivity index (χ4n) is 4.50. The van der Waals surface area contributed by atoms with Crippen LogP contribution in [0.3, 0.4) is 0 Å². The predicted molar refractivity (Wildman–Crippen MR) is 119 cm³/mol. The number of ether oxygens (including phenoxy) is 1. The fraction of sp³-hybridized carbons (Fsp3) is 0.435. The number of piperazine rings is 1. The van der Waals surface area contributed by atoms with Crippen LogP contribution >= 0.6 is 0 Å². The van der Waals surface area contributed by atoms with Crippen molar-refractivity contribution in [2.24, 2.45) is 0 Å². The second-order valence-electron chi connectivity index (χ2n) is 8.06. The Bertz CT molecular complexity index is 1060. The Morgan fingerprint density at radius 3 is 2.48 bits per heavy atom. The molecule has 2 aliphatic heterocycles. The summed E-state index contributed by atoms with van der Waals surface area (Å²) in [6, 6.07) is 4.37. The van der Waals surface area contributed by atoms with E-state index in [4.69, 9.17) is 4.74 Å². The molecule has 0 unspecified atom stereocenters. The molecule has 0 saturated carbocycles. The monoisotopic (exact) mass is 461 g/mol. The van der Waals surface area contributed by atoms with Gasteiger partial charge in [-0.05, 0) is 31.6 Å². The van der Waals surface area contributed by atoms with E-state index in [1.54, 1.807) is 22.8 Å². The van der Waals surface area contributed by atoms with Crippen LogP contribution in [-0.2, 0) is 23.9 Å². The van der Waals surface area contributed by atoms with Crippen LogP contribution in [0.25, 0.3) is 0 Å². The van der Waals surface area contributed by atoms with Gasteiger partial charge in [0.15, 0.2) is 0 Å². The molecular formula is C23H26F3N5O2. The smallest absolute Gasteiger partial charge is 0.421 e. The normalized spacial score (nSPS) is 16.5. The second-order valence-corrected chi connectivity index (χ2v) is 8.06. The highest BCUT2D eigenvalue weighted by Gasteiger charge is 2.39.